The van der Waals surface area contributed by atoms with E-state index in [0.717, 1.165) is 4.90 Å². The lowest BCUT2D eigenvalue weighted by Gasteiger charge is -2.46. The fourth-order valence-corrected chi connectivity index (χ4v) is 2.67. The van der Waals surface area contributed by atoms with Gasteiger partial charge in [-0.15, -0.1) is 0 Å². The summed E-state index contributed by atoms with van der Waals surface area (Å²) in [5, 5.41) is 68.4. The highest BCUT2D eigenvalue weighted by Gasteiger charge is 2.55. The van der Waals surface area contributed by atoms with Crippen molar-refractivity contribution in [3.63, 3.8) is 0 Å². The van der Waals surface area contributed by atoms with Gasteiger partial charge in [0, 0.05) is 0 Å². The molecule has 1 amide bonds. The van der Waals surface area contributed by atoms with Crippen molar-refractivity contribution in [2.75, 3.05) is 6.61 Å². The second kappa shape index (κ2) is 8.85. The number of hydrogen-bond donors (Lipinski definition) is 8. The zero-order valence-corrected chi connectivity index (χ0v) is 13.4. The molecule has 0 heterocycles. The van der Waals surface area contributed by atoms with E-state index in [4.69, 9.17) is 10.8 Å². The number of carbonyl (C=O) groups excluding carboxylic acids is 1. The van der Waals surface area contributed by atoms with Gasteiger partial charge in [-0.3, -0.25) is 4.79 Å². The molecule has 0 saturated heterocycles. The minimum Gasteiger partial charge on any atom is -0.394 e. The maximum atomic E-state index is 11.8. The van der Waals surface area contributed by atoms with Gasteiger partial charge in [-0.1, -0.05) is 6.92 Å². The molecule has 0 bridgehead atoms. The van der Waals surface area contributed by atoms with Gasteiger partial charge < -0.3 is 41.5 Å². The van der Waals surface area contributed by atoms with Gasteiger partial charge in [0.05, 0.1) is 12.6 Å². The molecule has 0 saturated carbocycles. The van der Waals surface area contributed by atoms with Crippen molar-refractivity contribution in [3.8, 4) is 0 Å². The molecule has 0 rings (SSSR count). The lowest BCUT2D eigenvalue weighted by atomic mass is 9.80. The SMILES string of the molecule is CCC(N(C(C)O)C(C)O)C(O)(C(N)=O)C(O)C(O)C(O)CO. The van der Waals surface area contributed by atoms with E-state index in [1.54, 1.807) is 0 Å². The van der Waals surface area contributed by atoms with Crippen LogP contribution in [0.15, 0.2) is 0 Å². The van der Waals surface area contributed by atoms with Crippen LogP contribution in [0.5, 0.6) is 0 Å². The second-order valence-corrected chi connectivity index (χ2v) is 5.51. The van der Waals surface area contributed by atoms with E-state index < -0.39 is 54.9 Å². The Labute approximate surface area is 134 Å². The molecule has 0 aromatic carbocycles. The lowest BCUT2D eigenvalue weighted by molar-refractivity contribution is -0.215. The fourth-order valence-electron chi connectivity index (χ4n) is 2.67. The standard InChI is InChI=1S/C13H28N2O8/c1-4-9(15(6(2)17)7(3)18)13(23,12(14)22)11(21)10(20)8(19)5-16/h6-11,16-21,23H,4-5H2,1-3H3,(H2,14,22). The van der Waals surface area contributed by atoms with Crippen molar-refractivity contribution < 1.29 is 40.5 Å². The molecule has 23 heavy (non-hydrogen) atoms. The van der Waals surface area contributed by atoms with Crippen molar-refractivity contribution in [2.24, 2.45) is 5.73 Å². The highest BCUT2D eigenvalue weighted by atomic mass is 16.4. The van der Waals surface area contributed by atoms with Crippen LogP contribution in [0.1, 0.15) is 27.2 Å². The lowest BCUT2D eigenvalue weighted by Crippen LogP contribution is -2.71. The minimum absolute atomic E-state index is 0.0474. The molecule has 0 fully saturated rings. The molecule has 7 atom stereocenters. The second-order valence-electron chi connectivity index (χ2n) is 5.51. The summed E-state index contributed by atoms with van der Waals surface area (Å²) < 4.78 is 0. The number of hydrogen-bond acceptors (Lipinski definition) is 9. The monoisotopic (exact) mass is 340 g/mol. The van der Waals surface area contributed by atoms with Crippen LogP contribution in [-0.4, -0.2) is 95.6 Å². The van der Waals surface area contributed by atoms with Gasteiger partial charge in [0.25, 0.3) is 5.91 Å². The Hall–Kier alpha value is -0.850. The number of primary amides is 1. The Morgan fingerprint density at radius 3 is 1.83 bits per heavy atom. The number of nitrogens with two attached hydrogens (primary N) is 1. The van der Waals surface area contributed by atoms with Crippen LogP contribution in [0.2, 0.25) is 0 Å². The van der Waals surface area contributed by atoms with Gasteiger partial charge in [0.15, 0.2) is 5.60 Å². The third kappa shape index (κ3) is 4.58. The van der Waals surface area contributed by atoms with Crippen LogP contribution in [0, 0.1) is 0 Å². The van der Waals surface area contributed by atoms with E-state index in [1.807, 2.05) is 0 Å². The predicted octanol–water partition coefficient (Wildman–Crippen LogP) is -3.96. The molecule has 10 heteroatoms. The first-order chi connectivity index (χ1) is 10.5. The Kier molecular flexibility index (Phi) is 8.52. The molecule has 7 unspecified atom stereocenters. The molecule has 10 nitrogen and oxygen atoms in total. The molecule has 0 aliphatic heterocycles. The van der Waals surface area contributed by atoms with Gasteiger partial charge in [-0.05, 0) is 20.3 Å². The third-order valence-corrected chi connectivity index (χ3v) is 3.87. The Morgan fingerprint density at radius 2 is 1.57 bits per heavy atom. The molecule has 9 N–H and O–H groups in total. The number of aliphatic hydroxyl groups excluding tert-OH is 6. The smallest absolute Gasteiger partial charge is 0.253 e. The Bertz CT molecular complexity index is 373. The van der Waals surface area contributed by atoms with Gasteiger partial charge in [0.2, 0.25) is 0 Å². The van der Waals surface area contributed by atoms with Crippen LogP contribution in [0.3, 0.4) is 0 Å². The van der Waals surface area contributed by atoms with Crippen molar-refractivity contribution in [3.05, 3.63) is 0 Å². The number of nitrogens with zero attached hydrogens (tertiary/aromatic N) is 1. The fraction of sp³-hybridized carbons (Fsp3) is 0.923. The van der Waals surface area contributed by atoms with E-state index >= 15 is 0 Å². The van der Waals surface area contributed by atoms with Gasteiger partial charge >= 0.3 is 0 Å². The zero-order valence-electron chi connectivity index (χ0n) is 13.4. The highest BCUT2D eigenvalue weighted by Crippen LogP contribution is 2.28. The number of carbonyl (C=O) groups is 1. The summed E-state index contributed by atoms with van der Waals surface area (Å²) in [4.78, 5) is 12.7. The first-order valence-corrected chi connectivity index (χ1v) is 7.27. The van der Waals surface area contributed by atoms with Crippen molar-refractivity contribution >= 4 is 5.91 Å². The van der Waals surface area contributed by atoms with Gasteiger partial charge in [-0.2, -0.15) is 0 Å². The minimum atomic E-state index is -2.81. The molecule has 138 valence electrons. The summed E-state index contributed by atoms with van der Waals surface area (Å²) in [5.41, 5.74) is 2.36. The summed E-state index contributed by atoms with van der Waals surface area (Å²) in [6.07, 6.45) is -8.88. The van der Waals surface area contributed by atoms with Crippen LogP contribution in [-0.2, 0) is 4.79 Å². The van der Waals surface area contributed by atoms with E-state index in [1.165, 1.54) is 20.8 Å². The van der Waals surface area contributed by atoms with E-state index in [0.29, 0.717) is 0 Å². The molecule has 0 aromatic heterocycles. The van der Waals surface area contributed by atoms with Crippen LogP contribution < -0.4 is 5.73 Å². The zero-order chi connectivity index (χ0) is 18.5. The molecule has 0 spiro atoms. The summed E-state index contributed by atoms with van der Waals surface area (Å²) in [5.74, 6) is -1.42. The maximum Gasteiger partial charge on any atom is 0.253 e. The quantitative estimate of drug-likeness (QED) is 0.183. The molecule has 0 aliphatic carbocycles. The van der Waals surface area contributed by atoms with Crippen LogP contribution in [0.4, 0.5) is 0 Å². The van der Waals surface area contributed by atoms with Crippen LogP contribution in [0.25, 0.3) is 0 Å². The van der Waals surface area contributed by atoms with Crippen molar-refractivity contribution in [1.82, 2.24) is 4.90 Å². The number of amides is 1. The van der Waals surface area contributed by atoms with E-state index in [-0.39, 0.29) is 6.42 Å². The Morgan fingerprint density at radius 1 is 1.13 bits per heavy atom. The first kappa shape index (κ1) is 22.1. The predicted molar refractivity (Wildman–Crippen MR) is 78.5 cm³/mol. The summed E-state index contributed by atoms with van der Waals surface area (Å²) in [7, 11) is 0. The van der Waals surface area contributed by atoms with Crippen LogP contribution >= 0.6 is 0 Å². The summed E-state index contributed by atoms with van der Waals surface area (Å²) in [6.45, 7) is 3.10. The van der Waals surface area contributed by atoms with Crippen molar-refractivity contribution in [2.45, 2.75) is 69.6 Å². The topological polar surface area (TPSA) is 188 Å². The third-order valence-electron chi connectivity index (χ3n) is 3.87. The average molecular weight is 340 g/mol. The van der Waals surface area contributed by atoms with Gasteiger partial charge in [0.1, 0.15) is 30.8 Å². The normalized spacial score (nSPS) is 22.7. The number of rotatable bonds is 10. The molecular weight excluding hydrogens is 312 g/mol. The average Bonchev–Trinajstić information content (AvgIpc) is 2.47. The molecular formula is C13H28N2O8. The Balaban J connectivity index is 5.92. The maximum absolute atomic E-state index is 11.8. The summed E-state index contributed by atoms with van der Waals surface area (Å²) >= 11 is 0. The largest absolute Gasteiger partial charge is 0.394 e. The molecule has 0 aliphatic rings. The van der Waals surface area contributed by atoms with E-state index in [2.05, 4.69) is 0 Å². The molecule has 0 aromatic rings. The summed E-state index contributed by atoms with van der Waals surface area (Å²) in [6, 6.07) is -1.38. The first-order valence-electron chi connectivity index (χ1n) is 7.27. The van der Waals surface area contributed by atoms with Crippen molar-refractivity contribution in [1.29, 1.82) is 0 Å². The van der Waals surface area contributed by atoms with E-state index in [9.17, 15) is 35.4 Å². The highest BCUT2D eigenvalue weighted by molar-refractivity contribution is 5.85. The number of aliphatic hydroxyl groups is 7. The molecule has 0 radical (unpaired) electrons. The van der Waals surface area contributed by atoms with Gasteiger partial charge in [-0.25, -0.2) is 4.90 Å².